The number of carboxylic acid groups (broad SMARTS) is 2. The lowest BCUT2D eigenvalue weighted by molar-refractivity contribution is -0.151. The van der Waals surface area contributed by atoms with Crippen LogP contribution >= 0.6 is 31.6 Å². The summed E-state index contributed by atoms with van der Waals surface area (Å²) in [6, 6.07) is 13.6. The highest BCUT2D eigenvalue weighted by Crippen LogP contribution is 2.49. The highest BCUT2D eigenvalue weighted by molar-refractivity contribution is 9.09. The lowest BCUT2D eigenvalue weighted by atomic mass is 10.0. The monoisotopic (exact) mass is 1070 g/mol. The fraction of sp³-hybridized carbons (Fsp3) is 0.537. The third-order valence-corrected chi connectivity index (χ3v) is 11.5. The second kappa shape index (κ2) is 31.2. The van der Waals surface area contributed by atoms with Gasteiger partial charge in [-0.2, -0.15) is 0 Å². The van der Waals surface area contributed by atoms with E-state index < -0.39 is 95.9 Å². The summed E-state index contributed by atoms with van der Waals surface area (Å²) in [4.78, 5) is 101. The van der Waals surface area contributed by atoms with Gasteiger partial charge in [0.2, 0.25) is 13.6 Å². The average molecular weight is 1070 g/mol. The molecule has 24 nitrogen and oxygen atoms in total. The minimum absolute atomic E-state index is 0.242. The van der Waals surface area contributed by atoms with Crippen LogP contribution in [0.5, 0.6) is 0 Å². The van der Waals surface area contributed by atoms with Crippen LogP contribution in [0, 0.1) is 0 Å². The second-order valence-corrected chi connectivity index (χ2v) is 18.2. The predicted octanol–water partition coefficient (Wildman–Crippen LogP) is 4.70. The fourth-order valence-corrected chi connectivity index (χ4v) is 8.03. The average Bonchev–Trinajstić information content (AvgIpc) is 3.28. The Balaban J connectivity index is 0.000000432. The van der Waals surface area contributed by atoms with Gasteiger partial charge in [0.1, 0.15) is 17.6 Å². The van der Waals surface area contributed by atoms with Crippen LogP contribution < -0.4 is 10.6 Å². The Morgan fingerprint density at radius 2 is 1.00 bits per heavy atom. The third kappa shape index (κ3) is 24.9. The van der Waals surface area contributed by atoms with Crippen LogP contribution in [0.1, 0.15) is 70.4 Å². The van der Waals surface area contributed by atoms with Gasteiger partial charge in [0.15, 0.2) is 0 Å². The van der Waals surface area contributed by atoms with Crippen LogP contribution in [0.15, 0.2) is 60.7 Å². The van der Waals surface area contributed by atoms with Crippen molar-refractivity contribution in [2.75, 3.05) is 45.4 Å². The molecular formula is C41H59BrN4O20P2. The molecule has 4 amide bonds. The maximum atomic E-state index is 13.0. The normalized spacial score (nSPS) is 16.7. The summed E-state index contributed by atoms with van der Waals surface area (Å²) in [6.07, 6.45) is 4.05. The van der Waals surface area contributed by atoms with Crippen molar-refractivity contribution < 1.29 is 95.0 Å². The summed E-state index contributed by atoms with van der Waals surface area (Å²) in [5, 5.41) is 24.2. The first-order valence-corrected chi connectivity index (χ1v) is 25.1. The van der Waals surface area contributed by atoms with E-state index in [9.17, 15) is 52.9 Å². The maximum Gasteiger partial charge on any atom is 0.480 e. The summed E-state index contributed by atoms with van der Waals surface area (Å²) in [5.74, 6) is -3.82. The van der Waals surface area contributed by atoms with E-state index in [-0.39, 0.29) is 32.0 Å². The number of carboxylic acids is 2. The Hall–Kier alpha value is -4.97. The topological polar surface area (TPSA) is 330 Å². The number of hydrogen-bond acceptors (Lipinski definition) is 16. The number of carbonyl (C=O) groups is 7. The van der Waals surface area contributed by atoms with Crippen LogP contribution in [0.3, 0.4) is 0 Å². The molecule has 380 valence electrons. The molecule has 2 fully saturated rings. The molecule has 68 heavy (non-hydrogen) atoms. The SMILES string of the molecule is CC(=O)OCBr.CC(=O)OCOP(=O)(OCOC(C)=O)OC[C@@H](Cc1ccccc1)NC(=O)N1CCCC[C@H]1C(=O)O.O=C(O)[C@@H]1CCCCN1C(=O)N[C@@H](COP(=O)(O)O)Cc1ccccc1. The number of aliphatic carboxylic acids is 2. The number of ether oxygens (including phenoxy) is 3. The molecule has 2 aromatic carbocycles. The van der Waals surface area contributed by atoms with Gasteiger partial charge in [0.25, 0.3) is 0 Å². The van der Waals surface area contributed by atoms with Crippen LogP contribution in [0.2, 0.25) is 0 Å². The molecule has 2 aromatic rings. The highest BCUT2D eigenvalue weighted by atomic mass is 79.9. The lowest BCUT2D eigenvalue weighted by Crippen LogP contribution is -2.54. The number of benzene rings is 2. The molecule has 0 aromatic heterocycles. The van der Waals surface area contributed by atoms with Crippen molar-refractivity contribution >= 4 is 73.5 Å². The number of hydrogen-bond donors (Lipinski definition) is 6. The fourth-order valence-electron chi connectivity index (χ4n) is 6.38. The number of amides is 4. The molecule has 2 aliphatic heterocycles. The van der Waals surface area contributed by atoms with Crippen LogP contribution in [-0.2, 0) is 78.3 Å². The van der Waals surface area contributed by atoms with E-state index in [1.54, 1.807) is 12.1 Å². The number of alkyl halides is 1. The largest absolute Gasteiger partial charge is 0.480 e. The van der Waals surface area contributed by atoms with Crippen molar-refractivity contribution in [3.05, 3.63) is 71.8 Å². The van der Waals surface area contributed by atoms with Gasteiger partial charge in [-0.05, 0) is 78.4 Å². The number of likely N-dealkylation sites (tertiary alicyclic amines) is 2. The first-order valence-electron chi connectivity index (χ1n) is 21.0. The molecule has 2 aliphatic rings. The van der Waals surface area contributed by atoms with Gasteiger partial charge >= 0.3 is 57.6 Å². The van der Waals surface area contributed by atoms with E-state index in [1.807, 2.05) is 48.5 Å². The second-order valence-electron chi connectivity index (χ2n) is 14.8. The number of piperidine rings is 2. The Morgan fingerprint density at radius 3 is 1.32 bits per heavy atom. The van der Waals surface area contributed by atoms with E-state index in [0.29, 0.717) is 44.2 Å². The van der Waals surface area contributed by atoms with Crippen molar-refractivity contribution in [2.45, 2.75) is 96.3 Å². The van der Waals surface area contributed by atoms with Crippen molar-refractivity contribution in [1.82, 2.24) is 20.4 Å². The zero-order chi connectivity index (χ0) is 50.7. The Kier molecular flexibility index (Phi) is 27.2. The number of halogens is 1. The standard InChI is InChI=1S/C22H31N2O11P.C16H23N2O7P.C3H5BrO2/c1-16(25)31-14-34-36(30,35-15-32-17(2)26)33-13-19(12-18-8-4-3-5-9-18)23-22(29)24-11-7-6-10-20(24)21(27)28;19-15(20)14-8-4-5-9-18(14)16(21)17-13(11-25-26(22,23)24)10-12-6-2-1-3-7-12;1-3(5)6-2-4/h3-5,8-9,19-20H,6-7,10-15H2,1-2H3,(H,23,29)(H,27,28);1-3,6-7,13-14H,4-5,8-11H2,(H,17,21)(H,19,20)(H2,22,23,24);2H2,1H3/t19-,20+;13-,14+;/m11./s1. The summed E-state index contributed by atoms with van der Waals surface area (Å²) >= 11 is 2.91. The molecule has 0 radical (unpaired) electrons. The van der Waals surface area contributed by atoms with Gasteiger partial charge < -0.3 is 54.6 Å². The molecule has 6 N–H and O–H groups in total. The Morgan fingerprint density at radius 1 is 0.618 bits per heavy atom. The number of esters is 3. The van der Waals surface area contributed by atoms with Crippen molar-refractivity contribution in [1.29, 1.82) is 0 Å². The van der Waals surface area contributed by atoms with Gasteiger partial charge in [-0.25, -0.2) is 37.4 Å². The molecule has 27 heteroatoms. The van der Waals surface area contributed by atoms with Crippen LogP contribution in [0.25, 0.3) is 0 Å². The number of phosphoric ester groups is 2. The third-order valence-electron chi connectivity index (χ3n) is 9.48. The molecule has 0 saturated carbocycles. The summed E-state index contributed by atoms with van der Waals surface area (Å²) in [7, 11) is -9.09. The molecule has 4 atom stereocenters. The molecule has 0 bridgehead atoms. The van der Waals surface area contributed by atoms with Crippen molar-refractivity contribution in [2.24, 2.45) is 0 Å². The molecule has 0 spiro atoms. The molecule has 0 unspecified atom stereocenters. The maximum absolute atomic E-state index is 13.0. The summed E-state index contributed by atoms with van der Waals surface area (Å²) in [5.41, 5.74) is 1.96. The van der Waals surface area contributed by atoms with E-state index in [0.717, 1.165) is 31.4 Å². The zero-order valence-electron chi connectivity index (χ0n) is 37.7. The summed E-state index contributed by atoms with van der Waals surface area (Å²) < 4.78 is 57.4. The minimum Gasteiger partial charge on any atom is -0.480 e. The van der Waals surface area contributed by atoms with Gasteiger partial charge in [0.05, 0.1) is 25.3 Å². The lowest BCUT2D eigenvalue weighted by Gasteiger charge is -2.34. The molecular weight excluding hydrogens is 1010 g/mol. The Labute approximate surface area is 401 Å². The van der Waals surface area contributed by atoms with E-state index >= 15 is 0 Å². The van der Waals surface area contributed by atoms with E-state index in [4.69, 9.17) is 23.4 Å². The van der Waals surface area contributed by atoms with Gasteiger partial charge in [-0.15, -0.1) is 0 Å². The number of urea groups is 2. The molecule has 0 aliphatic carbocycles. The number of nitrogens with zero attached hydrogens (tertiary/aromatic N) is 2. The van der Waals surface area contributed by atoms with Crippen molar-refractivity contribution in [3.8, 4) is 0 Å². The van der Waals surface area contributed by atoms with Crippen molar-refractivity contribution in [3.63, 3.8) is 0 Å². The zero-order valence-corrected chi connectivity index (χ0v) is 41.1. The van der Waals surface area contributed by atoms with Gasteiger partial charge in [0, 0.05) is 33.9 Å². The van der Waals surface area contributed by atoms with Gasteiger partial charge in [-0.1, -0.05) is 60.7 Å². The molecule has 2 saturated heterocycles. The number of rotatable bonds is 21. The predicted molar refractivity (Wildman–Crippen MR) is 241 cm³/mol. The van der Waals surface area contributed by atoms with Crippen LogP contribution in [0.4, 0.5) is 9.59 Å². The van der Waals surface area contributed by atoms with E-state index in [2.05, 4.69) is 45.3 Å². The Bertz CT molecular complexity index is 1990. The van der Waals surface area contributed by atoms with Crippen LogP contribution in [-0.4, -0.2) is 141 Å². The number of carbonyl (C=O) groups excluding carboxylic acids is 5. The number of nitrogens with one attached hydrogen (secondary N) is 2. The van der Waals surface area contributed by atoms with Gasteiger partial charge in [-0.3, -0.25) is 23.4 Å². The highest BCUT2D eigenvalue weighted by Gasteiger charge is 2.36. The quantitative estimate of drug-likeness (QED) is 0.0324. The van der Waals surface area contributed by atoms with E-state index in [1.165, 1.54) is 16.7 Å². The summed E-state index contributed by atoms with van der Waals surface area (Å²) in [6.45, 7) is 1.91. The first kappa shape index (κ1) is 59.2. The minimum atomic E-state index is -4.69. The molecule has 4 rings (SSSR count). The smallest absolute Gasteiger partial charge is 0.480 e. The molecule has 2 heterocycles. The first-order chi connectivity index (χ1) is 32.1. The number of phosphoric acid groups is 2.